The number of fused-ring (bicyclic) bond motifs is 3. The van der Waals surface area contributed by atoms with E-state index < -0.39 is 5.97 Å². The summed E-state index contributed by atoms with van der Waals surface area (Å²) in [6.07, 6.45) is 5.08. The van der Waals surface area contributed by atoms with E-state index in [2.05, 4.69) is 87.6 Å². The predicted octanol–water partition coefficient (Wildman–Crippen LogP) is 12.3. The molecule has 0 radical (unpaired) electrons. The number of rotatable bonds is 11. The van der Waals surface area contributed by atoms with Gasteiger partial charge in [-0.3, -0.25) is 4.79 Å². The number of carboxylic acid groups (broad SMARTS) is 1. The SMILES string of the molecule is CC.CCC.COC(C)(C)C.CSN1Cc2cccc(OCCCCOc3ccccc3)c2-c2c(C)c(-c3ccc(C)cc3)c(CC(=O)O)c(C)c21. The van der Waals surface area contributed by atoms with E-state index in [1.807, 2.05) is 65.0 Å². The molecule has 4 aromatic rings. The van der Waals surface area contributed by atoms with E-state index >= 15 is 0 Å². The largest absolute Gasteiger partial charge is 0.494 e. The first kappa shape index (κ1) is 44.2. The quantitative estimate of drug-likeness (QED) is 0.122. The highest BCUT2D eigenvalue weighted by atomic mass is 32.2. The Bertz CT molecular complexity index is 1660. The molecule has 7 heteroatoms. The summed E-state index contributed by atoms with van der Waals surface area (Å²) in [5, 5.41) is 9.90. The predicted molar refractivity (Wildman–Crippen MR) is 223 cm³/mol. The maximum Gasteiger partial charge on any atom is 0.307 e. The van der Waals surface area contributed by atoms with Crippen LogP contribution in [-0.4, -0.2) is 43.3 Å². The highest BCUT2D eigenvalue weighted by molar-refractivity contribution is 7.99. The number of carboxylic acids is 1. The van der Waals surface area contributed by atoms with E-state index in [1.165, 1.54) is 17.5 Å². The lowest BCUT2D eigenvalue weighted by Gasteiger charge is -2.36. The second kappa shape index (κ2) is 22.2. The Morgan fingerprint density at radius 1 is 0.808 bits per heavy atom. The monoisotopic (exact) mass is 729 g/mol. The summed E-state index contributed by atoms with van der Waals surface area (Å²) in [6, 6.07) is 24.6. The lowest BCUT2D eigenvalue weighted by atomic mass is 9.80. The van der Waals surface area contributed by atoms with Crippen LogP contribution in [0.25, 0.3) is 22.3 Å². The van der Waals surface area contributed by atoms with Gasteiger partial charge in [-0.2, -0.15) is 0 Å². The van der Waals surface area contributed by atoms with Crippen molar-refractivity contribution in [2.75, 3.05) is 30.9 Å². The van der Waals surface area contributed by atoms with Crippen LogP contribution in [0, 0.1) is 20.8 Å². The Morgan fingerprint density at radius 3 is 1.92 bits per heavy atom. The molecular weight excluding hydrogens is 667 g/mol. The summed E-state index contributed by atoms with van der Waals surface area (Å²) >= 11 is 1.67. The van der Waals surface area contributed by atoms with Gasteiger partial charge in [0.2, 0.25) is 0 Å². The molecule has 0 saturated heterocycles. The second-order valence-electron chi connectivity index (χ2n) is 13.5. The van der Waals surface area contributed by atoms with Gasteiger partial charge < -0.3 is 23.6 Å². The Morgan fingerprint density at radius 2 is 1.38 bits per heavy atom. The fourth-order valence-corrected chi connectivity index (χ4v) is 6.42. The van der Waals surface area contributed by atoms with Gasteiger partial charge in [-0.25, -0.2) is 0 Å². The number of hydrogen-bond acceptors (Lipinski definition) is 6. The van der Waals surface area contributed by atoms with Crippen molar-refractivity contribution in [2.45, 2.75) is 107 Å². The first-order chi connectivity index (χ1) is 24.9. The molecule has 0 aliphatic carbocycles. The van der Waals surface area contributed by atoms with Gasteiger partial charge in [0.25, 0.3) is 0 Å². The molecule has 0 unspecified atom stereocenters. The van der Waals surface area contributed by atoms with Crippen LogP contribution in [0.1, 0.15) is 95.5 Å². The second-order valence-corrected chi connectivity index (χ2v) is 14.3. The average Bonchev–Trinajstić information content (AvgIpc) is 3.13. The number of benzene rings is 4. The zero-order valence-electron chi connectivity index (χ0n) is 33.8. The molecule has 52 heavy (non-hydrogen) atoms. The smallest absolute Gasteiger partial charge is 0.307 e. The number of ether oxygens (including phenoxy) is 3. The number of para-hydroxylation sites is 1. The molecule has 1 N–H and O–H groups in total. The summed E-state index contributed by atoms with van der Waals surface area (Å²) in [6.45, 7) is 22.5. The number of aliphatic carboxylic acids is 1. The lowest BCUT2D eigenvalue weighted by molar-refractivity contribution is -0.136. The minimum absolute atomic E-state index is 0.0263. The molecule has 1 heterocycles. The standard InChI is InChI=1S/C35H37NO4S.C5H12O.C3H8.C2H6/c1-23-15-17-26(18-16-23)32-25(3)33-34-27(22-36(41-4)35(33)24(2)29(32)21-31(37)38)11-10-14-30(34)40-20-9-8-19-39-28-12-6-5-7-13-28;1-5(2,3)6-4;1-3-2;1-2/h5-7,10-18H,8-9,19-22H2,1-4H3,(H,37,38);1-4H3;3H2,1-2H3;1-2H3. The summed E-state index contributed by atoms with van der Waals surface area (Å²) in [5.41, 5.74) is 10.8. The van der Waals surface area contributed by atoms with Crippen molar-refractivity contribution >= 4 is 23.6 Å². The third-order valence-electron chi connectivity index (χ3n) is 8.33. The van der Waals surface area contributed by atoms with Crippen LogP contribution < -0.4 is 13.8 Å². The highest BCUT2D eigenvalue weighted by Gasteiger charge is 2.32. The first-order valence-electron chi connectivity index (χ1n) is 18.6. The molecule has 0 spiro atoms. The normalized spacial score (nSPS) is 11.3. The maximum atomic E-state index is 12.1. The van der Waals surface area contributed by atoms with E-state index in [-0.39, 0.29) is 12.0 Å². The van der Waals surface area contributed by atoms with Gasteiger partial charge in [0.05, 0.1) is 37.5 Å². The third kappa shape index (κ3) is 12.6. The topological polar surface area (TPSA) is 68.2 Å². The molecule has 0 aromatic heterocycles. The molecule has 0 amide bonds. The van der Waals surface area contributed by atoms with Gasteiger partial charge in [0.15, 0.2) is 0 Å². The number of hydrogen-bond donors (Lipinski definition) is 1. The van der Waals surface area contributed by atoms with Gasteiger partial charge in [0.1, 0.15) is 11.5 Å². The summed E-state index contributed by atoms with van der Waals surface area (Å²) in [4.78, 5) is 12.1. The lowest BCUT2D eigenvalue weighted by Crippen LogP contribution is -2.23. The Labute approximate surface area is 319 Å². The van der Waals surface area contributed by atoms with Gasteiger partial charge in [0, 0.05) is 24.5 Å². The summed E-state index contributed by atoms with van der Waals surface area (Å²) in [5.74, 6) is 0.933. The molecule has 284 valence electrons. The van der Waals surface area contributed by atoms with Crippen LogP contribution in [0.3, 0.4) is 0 Å². The van der Waals surface area contributed by atoms with E-state index in [0.717, 1.165) is 75.5 Å². The molecular formula is C45H63NO5S. The number of anilines is 1. The van der Waals surface area contributed by atoms with Crippen molar-refractivity contribution in [1.29, 1.82) is 0 Å². The molecule has 0 saturated carbocycles. The Kier molecular flexibility index (Phi) is 18.9. The molecule has 0 fully saturated rings. The molecule has 0 atom stereocenters. The minimum Gasteiger partial charge on any atom is -0.494 e. The third-order valence-corrected chi connectivity index (χ3v) is 9.08. The Balaban J connectivity index is 0.000000753. The van der Waals surface area contributed by atoms with Gasteiger partial charge in [-0.1, -0.05) is 106 Å². The molecule has 5 rings (SSSR count). The van der Waals surface area contributed by atoms with Gasteiger partial charge in [-0.15, -0.1) is 0 Å². The fourth-order valence-electron chi connectivity index (χ4n) is 5.74. The average molecular weight is 730 g/mol. The van der Waals surface area contributed by atoms with E-state index in [9.17, 15) is 9.90 Å². The van der Waals surface area contributed by atoms with Crippen LogP contribution in [-0.2, 0) is 22.5 Å². The van der Waals surface area contributed by atoms with Gasteiger partial charge >= 0.3 is 5.97 Å². The van der Waals surface area contributed by atoms with E-state index in [0.29, 0.717) is 13.2 Å². The summed E-state index contributed by atoms with van der Waals surface area (Å²) in [7, 11) is 1.71. The Hall–Kier alpha value is -3.94. The van der Waals surface area contributed by atoms with Gasteiger partial charge in [-0.05, 0) is 106 Å². The van der Waals surface area contributed by atoms with Crippen LogP contribution in [0.5, 0.6) is 11.5 Å². The maximum absolute atomic E-state index is 12.1. The zero-order valence-corrected chi connectivity index (χ0v) is 34.6. The number of aryl methyl sites for hydroxylation is 1. The van der Waals surface area contributed by atoms with Crippen molar-refractivity contribution < 1.29 is 24.1 Å². The molecule has 6 nitrogen and oxygen atoms in total. The van der Waals surface area contributed by atoms with Crippen LogP contribution in [0.15, 0.2) is 72.8 Å². The number of nitrogens with zero attached hydrogens (tertiary/aromatic N) is 1. The summed E-state index contributed by atoms with van der Waals surface area (Å²) < 4.78 is 19.5. The highest BCUT2D eigenvalue weighted by Crippen LogP contribution is 2.52. The van der Waals surface area contributed by atoms with Crippen LogP contribution in [0.4, 0.5) is 5.69 Å². The molecule has 1 aliphatic heterocycles. The minimum atomic E-state index is -0.826. The van der Waals surface area contributed by atoms with Crippen molar-refractivity contribution in [3.05, 3.63) is 101 Å². The number of carbonyl (C=O) groups is 1. The van der Waals surface area contributed by atoms with Crippen LogP contribution >= 0.6 is 11.9 Å². The van der Waals surface area contributed by atoms with Crippen LogP contribution in [0.2, 0.25) is 0 Å². The van der Waals surface area contributed by atoms with Crippen molar-refractivity contribution in [2.24, 2.45) is 0 Å². The number of methoxy groups -OCH3 is 1. The number of unbranched alkanes of at least 4 members (excludes halogenated alkanes) is 1. The van der Waals surface area contributed by atoms with E-state index in [4.69, 9.17) is 14.2 Å². The van der Waals surface area contributed by atoms with E-state index in [1.54, 1.807) is 19.1 Å². The van der Waals surface area contributed by atoms with Crippen molar-refractivity contribution in [3.63, 3.8) is 0 Å². The molecule has 1 aliphatic rings. The first-order valence-corrected chi connectivity index (χ1v) is 19.8. The van der Waals surface area contributed by atoms with Crippen molar-refractivity contribution in [3.8, 4) is 33.8 Å². The molecule has 4 aromatic carbocycles. The van der Waals surface area contributed by atoms with Crippen molar-refractivity contribution in [1.82, 2.24) is 0 Å². The molecule has 0 bridgehead atoms. The fraction of sp³-hybridized carbons (Fsp3) is 0.444. The zero-order chi connectivity index (χ0) is 38.8.